The smallest absolute Gasteiger partial charge is 0.234 e. The van der Waals surface area contributed by atoms with Crippen LogP contribution in [0.3, 0.4) is 0 Å². The quantitative estimate of drug-likeness (QED) is 0.472. The summed E-state index contributed by atoms with van der Waals surface area (Å²) in [6, 6.07) is 14.2. The number of anilines is 1. The Morgan fingerprint density at radius 2 is 2.06 bits per heavy atom. The van der Waals surface area contributed by atoms with Crippen LogP contribution in [0.15, 0.2) is 53.7 Å². The molecule has 1 aliphatic rings. The lowest BCUT2D eigenvalue weighted by molar-refractivity contribution is -0.113. The molecule has 0 aliphatic carbocycles. The van der Waals surface area contributed by atoms with Crippen molar-refractivity contribution < 1.29 is 19.4 Å². The van der Waals surface area contributed by atoms with Crippen LogP contribution < -0.4 is 10.1 Å². The first-order chi connectivity index (χ1) is 15.6. The molecular weight excluding hydrogens is 428 g/mol. The largest absolute Gasteiger partial charge is 0.508 e. The average Bonchev–Trinajstić information content (AvgIpc) is 3.45. The summed E-state index contributed by atoms with van der Waals surface area (Å²) in [5.41, 5.74) is 1.49. The van der Waals surface area contributed by atoms with Crippen molar-refractivity contribution in [1.82, 2.24) is 14.8 Å². The van der Waals surface area contributed by atoms with Crippen molar-refractivity contribution in [3.05, 3.63) is 48.5 Å². The lowest BCUT2D eigenvalue weighted by Gasteiger charge is -2.15. The molecule has 8 nitrogen and oxygen atoms in total. The maximum absolute atomic E-state index is 12.6. The Morgan fingerprint density at radius 1 is 1.25 bits per heavy atom. The van der Waals surface area contributed by atoms with Gasteiger partial charge in [0.1, 0.15) is 11.5 Å². The molecule has 1 amide bonds. The van der Waals surface area contributed by atoms with Crippen LogP contribution in [-0.2, 0) is 16.1 Å². The highest BCUT2D eigenvalue weighted by Crippen LogP contribution is 2.28. The first-order valence-corrected chi connectivity index (χ1v) is 11.6. The number of aromatic nitrogens is 3. The number of phenols is 1. The van der Waals surface area contributed by atoms with Gasteiger partial charge in [-0.1, -0.05) is 23.9 Å². The molecule has 1 saturated heterocycles. The number of thioether (sulfide) groups is 1. The van der Waals surface area contributed by atoms with Crippen molar-refractivity contribution in [3.8, 4) is 22.9 Å². The minimum Gasteiger partial charge on any atom is -0.508 e. The summed E-state index contributed by atoms with van der Waals surface area (Å²) in [4.78, 5) is 12.6. The Morgan fingerprint density at radius 3 is 2.81 bits per heavy atom. The molecule has 1 unspecified atom stereocenters. The highest BCUT2D eigenvalue weighted by atomic mass is 32.2. The molecule has 1 aromatic heterocycles. The second-order valence-electron chi connectivity index (χ2n) is 7.36. The number of aromatic hydroxyl groups is 1. The third-order valence-corrected chi connectivity index (χ3v) is 6.01. The molecule has 1 atom stereocenters. The van der Waals surface area contributed by atoms with E-state index in [1.165, 1.54) is 11.8 Å². The van der Waals surface area contributed by atoms with Gasteiger partial charge in [0, 0.05) is 12.2 Å². The number of para-hydroxylation sites is 2. The molecular formula is C23H26N4O4S. The van der Waals surface area contributed by atoms with Crippen LogP contribution in [-0.4, -0.2) is 50.8 Å². The van der Waals surface area contributed by atoms with Crippen LogP contribution in [0.4, 0.5) is 5.69 Å². The highest BCUT2D eigenvalue weighted by Gasteiger charge is 2.22. The number of amides is 1. The predicted molar refractivity (Wildman–Crippen MR) is 123 cm³/mol. The van der Waals surface area contributed by atoms with Crippen molar-refractivity contribution in [3.63, 3.8) is 0 Å². The number of hydrogen-bond acceptors (Lipinski definition) is 7. The molecule has 168 valence electrons. The minimum absolute atomic E-state index is 0.0908. The Hall–Kier alpha value is -3.04. The van der Waals surface area contributed by atoms with Crippen molar-refractivity contribution >= 4 is 23.4 Å². The van der Waals surface area contributed by atoms with Gasteiger partial charge in [-0.15, -0.1) is 10.2 Å². The van der Waals surface area contributed by atoms with Crippen LogP contribution in [0, 0.1) is 0 Å². The summed E-state index contributed by atoms with van der Waals surface area (Å²) < 4.78 is 13.4. The number of carbonyl (C=O) groups excluding carboxylic acids is 1. The van der Waals surface area contributed by atoms with E-state index in [1.54, 1.807) is 24.3 Å². The van der Waals surface area contributed by atoms with Crippen molar-refractivity contribution in [2.45, 2.75) is 37.6 Å². The second-order valence-corrected chi connectivity index (χ2v) is 8.31. The standard InChI is InChI=1S/C23H26N4O4S/c1-2-30-20-8-4-3-7-19(20)24-21(29)15-32-23-26-25-22(16-9-11-17(28)12-10-16)27(23)14-18-6-5-13-31-18/h3-4,7-12,18,28H,2,5-6,13-15H2,1H3,(H,24,29). The third-order valence-electron chi connectivity index (χ3n) is 5.05. The first-order valence-electron chi connectivity index (χ1n) is 10.6. The second kappa shape index (κ2) is 10.5. The average molecular weight is 455 g/mol. The Labute approximate surface area is 191 Å². The Balaban J connectivity index is 1.49. The van der Waals surface area contributed by atoms with E-state index in [2.05, 4.69) is 15.5 Å². The maximum Gasteiger partial charge on any atom is 0.234 e. The van der Waals surface area contributed by atoms with Crippen LogP contribution in [0.25, 0.3) is 11.4 Å². The van der Waals surface area contributed by atoms with Gasteiger partial charge in [0.2, 0.25) is 5.91 Å². The van der Waals surface area contributed by atoms with E-state index < -0.39 is 0 Å². The van der Waals surface area contributed by atoms with Gasteiger partial charge < -0.3 is 19.9 Å². The molecule has 4 rings (SSSR count). The summed E-state index contributed by atoms with van der Waals surface area (Å²) in [6.07, 6.45) is 2.10. The van der Waals surface area contributed by atoms with Gasteiger partial charge in [-0.2, -0.15) is 0 Å². The van der Waals surface area contributed by atoms with E-state index in [0.29, 0.717) is 35.6 Å². The lowest BCUT2D eigenvalue weighted by Crippen LogP contribution is -2.18. The SMILES string of the molecule is CCOc1ccccc1NC(=O)CSc1nnc(-c2ccc(O)cc2)n1CC1CCCO1. The Bertz CT molecular complexity index is 1050. The van der Waals surface area contributed by atoms with Gasteiger partial charge in [0.15, 0.2) is 11.0 Å². The van der Waals surface area contributed by atoms with Gasteiger partial charge in [-0.05, 0) is 56.2 Å². The molecule has 0 saturated carbocycles. The maximum atomic E-state index is 12.6. The van der Waals surface area contributed by atoms with Gasteiger partial charge in [0.05, 0.1) is 30.7 Å². The first kappa shape index (κ1) is 22.2. The zero-order valence-corrected chi connectivity index (χ0v) is 18.7. The van der Waals surface area contributed by atoms with Crippen LogP contribution in [0.5, 0.6) is 11.5 Å². The fourth-order valence-corrected chi connectivity index (χ4v) is 4.29. The fourth-order valence-electron chi connectivity index (χ4n) is 3.54. The molecule has 0 radical (unpaired) electrons. The van der Waals surface area contributed by atoms with Crippen molar-refractivity contribution in [2.75, 3.05) is 24.3 Å². The summed E-state index contributed by atoms with van der Waals surface area (Å²) in [6.45, 7) is 3.79. The lowest BCUT2D eigenvalue weighted by atomic mass is 10.2. The summed E-state index contributed by atoms with van der Waals surface area (Å²) in [5, 5.41) is 21.9. The van der Waals surface area contributed by atoms with E-state index in [-0.39, 0.29) is 23.5 Å². The summed E-state index contributed by atoms with van der Waals surface area (Å²) >= 11 is 1.33. The normalized spacial score (nSPS) is 15.6. The van der Waals surface area contributed by atoms with E-state index in [1.807, 2.05) is 35.8 Å². The molecule has 0 bridgehead atoms. The molecule has 1 aliphatic heterocycles. The van der Waals surface area contributed by atoms with E-state index in [9.17, 15) is 9.90 Å². The van der Waals surface area contributed by atoms with Gasteiger partial charge in [-0.3, -0.25) is 9.36 Å². The molecule has 2 N–H and O–H groups in total. The number of hydrogen-bond donors (Lipinski definition) is 2. The van der Waals surface area contributed by atoms with Gasteiger partial charge in [-0.25, -0.2) is 0 Å². The number of ether oxygens (including phenoxy) is 2. The number of nitrogens with zero attached hydrogens (tertiary/aromatic N) is 3. The Kier molecular flexibility index (Phi) is 7.28. The molecule has 32 heavy (non-hydrogen) atoms. The number of rotatable bonds is 9. The van der Waals surface area contributed by atoms with Crippen LogP contribution >= 0.6 is 11.8 Å². The number of nitrogens with one attached hydrogen (secondary N) is 1. The molecule has 3 aromatic rings. The van der Waals surface area contributed by atoms with E-state index >= 15 is 0 Å². The zero-order valence-electron chi connectivity index (χ0n) is 17.9. The van der Waals surface area contributed by atoms with E-state index in [0.717, 1.165) is 25.0 Å². The van der Waals surface area contributed by atoms with Crippen molar-refractivity contribution in [2.24, 2.45) is 0 Å². The van der Waals surface area contributed by atoms with Crippen LogP contribution in [0.2, 0.25) is 0 Å². The van der Waals surface area contributed by atoms with Gasteiger partial charge >= 0.3 is 0 Å². The number of carbonyl (C=O) groups is 1. The number of phenolic OH excluding ortho intramolecular Hbond substituents is 1. The molecule has 9 heteroatoms. The van der Waals surface area contributed by atoms with Gasteiger partial charge in [0.25, 0.3) is 0 Å². The summed E-state index contributed by atoms with van der Waals surface area (Å²) in [5.74, 6) is 1.55. The minimum atomic E-state index is -0.153. The topological polar surface area (TPSA) is 98.5 Å². The van der Waals surface area contributed by atoms with E-state index in [4.69, 9.17) is 9.47 Å². The zero-order chi connectivity index (χ0) is 22.3. The molecule has 1 fully saturated rings. The molecule has 2 aromatic carbocycles. The monoisotopic (exact) mass is 454 g/mol. The highest BCUT2D eigenvalue weighted by molar-refractivity contribution is 7.99. The predicted octanol–water partition coefficient (Wildman–Crippen LogP) is 3.96. The number of benzene rings is 2. The summed E-state index contributed by atoms with van der Waals surface area (Å²) in [7, 11) is 0. The fraction of sp³-hybridized carbons (Fsp3) is 0.348. The third kappa shape index (κ3) is 5.41. The van der Waals surface area contributed by atoms with Crippen molar-refractivity contribution in [1.29, 1.82) is 0 Å². The van der Waals surface area contributed by atoms with Crippen LogP contribution in [0.1, 0.15) is 19.8 Å². The molecule has 0 spiro atoms. The molecule has 2 heterocycles.